The van der Waals surface area contributed by atoms with E-state index in [1.807, 2.05) is 13.8 Å². The fourth-order valence-electron chi connectivity index (χ4n) is 2.87. The molecule has 146 valence electrons. The highest BCUT2D eigenvalue weighted by Gasteiger charge is 2.34. The zero-order valence-corrected chi connectivity index (χ0v) is 15.8. The Bertz CT molecular complexity index is 1090. The van der Waals surface area contributed by atoms with Crippen molar-refractivity contribution in [1.82, 2.24) is 0 Å². The average Bonchev–Trinajstić information content (AvgIpc) is 2.71. The summed E-state index contributed by atoms with van der Waals surface area (Å²) in [7, 11) is 0. The van der Waals surface area contributed by atoms with Crippen LogP contribution in [-0.4, -0.2) is 22.5 Å². The van der Waals surface area contributed by atoms with Crippen molar-refractivity contribution in [3.8, 4) is 0 Å². The number of nitro groups is 1. The Balaban J connectivity index is 2.00. The lowest BCUT2D eigenvalue weighted by atomic mass is 9.86. The molecule has 29 heavy (non-hydrogen) atoms. The molecule has 0 saturated carbocycles. The van der Waals surface area contributed by atoms with Crippen LogP contribution in [0.4, 0.5) is 5.69 Å². The summed E-state index contributed by atoms with van der Waals surface area (Å²) in [6.45, 7) is 3.71. The molecule has 0 saturated heterocycles. The van der Waals surface area contributed by atoms with E-state index in [2.05, 4.69) is 0 Å². The Morgan fingerprint density at radius 2 is 1.59 bits per heavy atom. The van der Waals surface area contributed by atoms with Crippen LogP contribution in [-0.2, 0) is 4.74 Å². The average molecular weight is 391 g/mol. The quantitative estimate of drug-likeness (QED) is 0.323. The number of Topliss-reactive ketones (excluding diaryl/α,β-unsaturated/α-hetero) is 2. The molecule has 0 aliphatic heterocycles. The molecule has 0 bridgehead atoms. The van der Waals surface area contributed by atoms with E-state index >= 15 is 0 Å². The molecule has 0 heterocycles. The Hall–Kier alpha value is -3.87. The van der Waals surface area contributed by atoms with E-state index in [1.165, 1.54) is 18.2 Å². The summed E-state index contributed by atoms with van der Waals surface area (Å²) in [5, 5.41) is 10.8. The first kappa shape index (κ1) is 19.9. The van der Waals surface area contributed by atoms with Crippen molar-refractivity contribution in [3.63, 3.8) is 0 Å². The fraction of sp³-hybridized carbons (Fsp3) is 0.136. The summed E-state index contributed by atoms with van der Waals surface area (Å²) in [6.07, 6.45) is 1.91. The maximum Gasteiger partial charge on any atom is 0.343 e. The Morgan fingerprint density at radius 3 is 2.14 bits per heavy atom. The molecule has 1 aliphatic rings. The number of ether oxygens (including phenoxy) is 1. The van der Waals surface area contributed by atoms with Gasteiger partial charge in [0, 0.05) is 23.3 Å². The second-order valence-electron chi connectivity index (χ2n) is 6.69. The molecule has 7 nitrogen and oxygen atoms in total. The van der Waals surface area contributed by atoms with Gasteiger partial charge >= 0.3 is 5.97 Å². The van der Waals surface area contributed by atoms with Crippen molar-refractivity contribution in [2.24, 2.45) is 0 Å². The minimum Gasteiger partial charge on any atom is -0.418 e. The minimum absolute atomic E-state index is 0.0313. The second-order valence-corrected chi connectivity index (χ2v) is 6.69. The van der Waals surface area contributed by atoms with Gasteiger partial charge in [0.2, 0.25) is 5.78 Å². The molecule has 0 radical (unpaired) electrons. The largest absolute Gasteiger partial charge is 0.418 e. The lowest BCUT2D eigenvalue weighted by molar-refractivity contribution is -0.384. The molecule has 0 spiro atoms. The predicted molar refractivity (Wildman–Crippen MR) is 105 cm³/mol. The van der Waals surface area contributed by atoms with E-state index in [9.17, 15) is 24.5 Å². The van der Waals surface area contributed by atoms with Gasteiger partial charge in [-0.3, -0.25) is 19.7 Å². The van der Waals surface area contributed by atoms with E-state index in [4.69, 9.17) is 4.74 Å². The highest BCUT2D eigenvalue weighted by Crippen LogP contribution is 2.30. The molecule has 0 unspecified atom stereocenters. The zero-order chi connectivity index (χ0) is 21.1. The number of carbonyl (C=O) groups excluding carboxylic acids is 3. The number of benzene rings is 2. The van der Waals surface area contributed by atoms with E-state index in [0.29, 0.717) is 0 Å². The number of allylic oxidation sites excluding steroid dienone is 4. The normalized spacial score (nSPS) is 13.0. The Kier molecular flexibility index (Phi) is 5.50. The highest BCUT2D eigenvalue weighted by molar-refractivity contribution is 6.26. The predicted octanol–water partition coefficient (Wildman–Crippen LogP) is 4.44. The summed E-state index contributed by atoms with van der Waals surface area (Å²) in [6, 6.07) is 11.2. The van der Waals surface area contributed by atoms with Gasteiger partial charge in [0.25, 0.3) is 5.69 Å². The number of ketones is 2. The van der Waals surface area contributed by atoms with Gasteiger partial charge in [-0.15, -0.1) is 0 Å². The van der Waals surface area contributed by atoms with Crippen molar-refractivity contribution < 1.29 is 24.0 Å². The van der Waals surface area contributed by atoms with Gasteiger partial charge in [0.1, 0.15) is 0 Å². The first-order chi connectivity index (χ1) is 13.8. The van der Waals surface area contributed by atoms with Gasteiger partial charge in [0.05, 0.1) is 16.1 Å². The summed E-state index contributed by atoms with van der Waals surface area (Å²) in [5.74, 6) is -2.10. The number of fused-ring (bicyclic) bond motifs is 1. The van der Waals surface area contributed by atoms with Crippen LogP contribution in [0.2, 0.25) is 0 Å². The van der Waals surface area contributed by atoms with E-state index in [1.54, 1.807) is 24.3 Å². The molecule has 0 aromatic heterocycles. The van der Waals surface area contributed by atoms with Crippen LogP contribution in [0.25, 0.3) is 0 Å². The Labute approximate surface area is 166 Å². The number of esters is 1. The third-order valence-corrected chi connectivity index (χ3v) is 4.39. The van der Waals surface area contributed by atoms with Crippen molar-refractivity contribution in [2.45, 2.75) is 20.3 Å². The first-order valence-corrected chi connectivity index (χ1v) is 8.81. The maximum absolute atomic E-state index is 12.9. The SMILES string of the molecule is CC(C)=CCC1=C(OC(=O)c2ccc([N+](=O)[O-])cc2)C(=O)c2ccccc2C1=O. The molecule has 2 aromatic carbocycles. The summed E-state index contributed by atoms with van der Waals surface area (Å²) < 4.78 is 5.33. The monoisotopic (exact) mass is 391 g/mol. The van der Waals surface area contributed by atoms with Crippen LogP contribution < -0.4 is 0 Å². The molecule has 7 heteroatoms. The number of non-ortho nitro benzene ring substituents is 1. The van der Waals surface area contributed by atoms with Crippen LogP contribution in [0.15, 0.2) is 71.5 Å². The molecular weight excluding hydrogens is 374 g/mol. The molecule has 0 N–H and O–H groups in total. The van der Waals surface area contributed by atoms with Crippen molar-refractivity contribution in [2.75, 3.05) is 0 Å². The summed E-state index contributed by atoms with van der Waals surface area (Å²) >= 11 is 0. The number of rotatable bonds is 5. The lowest BCUT2D eigenvalue weighted by Gasteiger charge is -2.20. The minimum atomic E-state index is -0.870. The van der Waals surface area contributed by atoms with Gasteiger partial charge in [-0.2, -0.15) is 0 Å². The van der Waals surface area contributed by atoms with Crippen molar-refractivity contribution in [1.29, 1.82) is 0 Å². The molecule has 0 amide bonds. The Morgan fingerprint density at radius 1 is 1.00 bits per heavy atom. The topological polar surface area (TPSA) is 104 Å². The number of hydrogen-bond acceptors (Lipinski definition) is 6. The molecular formula is C22H17NO6. The van der Waals surface area contributed by atoms with Gasteiger partial charge in [-0.25, -0.2) is 4.79 Å². The summed E-state index contributed by atoms with van der Waals surface area (Å²) in [5.41, 5.74) is 1.34. The molecule has 2 aromatic rings. The fourth-order valence-corrected chi connectivity index (χ4v) is 2.87. The van der Waals surface area contributed by atoms with Crippen LogP contribution in [0.1, 0.15) is 51.3 Å². The van der Waals surface area contributed by atoms with Gasteiger partial charge in [-0.05, 0) is 32.4 Å². The van der Waals surface area contributed by atoms with E-state index in [0.717, 1.165) is 17.7 Å². The number of hydrogen-bond donors (Lipinski definition) is 0. The van der Waals surface area contributed by atoms with Crippen LogP contribution in [0.5, 0.6) is 0 Å². The van der Waals surface area contributed by atoms with Crippen LogP contribution >= 0.6 is 0 Å². The first-order valence-electron chi connectivity index (χ1n) is 8.81. The molecule has 1 aliphatic carbocycles. The molecule has 0 fully saturated rings. The lowest BCUT2D eigenvalue weighted by Crippen LogP contribution is -2.25. The highest BCUT2D eigenvalue weighted by atomic mass is 16.6. The molecule has 0 atom stereocenters. The van der Waals surface area contributed by atoms with Crippen LogP contribution in [0.3, 0.4) is 0 Å². The molecule has 3 rings (SSSR count). The zero-order valence-electron chi connectivity index (χ0n) is 15.8. The number of carbonyl (C=O) groups is 3. The van der Waals surface area contributed by atoms with Gasteiger partial charge in [-0.1, -0.05) is 35.9 Å². The second kappa shape index (κ2) is 8.02. The van der Waals surface area contributed by atoms with Crippen molar-refractivity contribution >= 4 is 23.2 Å². The smallest absolute Gasteiger partial charge is 0.343 e. The van der Waals surface area contributed by atoms with E-state index < -0.39 is 16.7 Å². The third kappa shape index (κ3) is 4.03. The van der Waals surface area contributed by atoms with Crippen molar-refractivity contribution in [3.05, 3.63) is 98.3 Å². The van der Waals surface area contributed by atoms with Gasteiger partial charge < -0.3 is 4.74 Å². The summed E-state index contributed by atoms with van der Waals surface area (Å²) in [4.78, 5) is 48.6. The number of nitro benzene ring substituents is 1. The van der Waals surface area contributed by atoms with E-state index in [-0.39, 0.29) is 45.9 Å². The van der Waals surface area contributed by atoms with Crippen LogP contribution in [0, 0.1) is 10.1 Å². The third-order valence-electron chi connectivity index (χ3n) is 4.39. The standard InChI is InChI=1S/C22H17NO6/c1-13(2)7-12-18-19(24)16-5-3-4-6-17(16)20(25)21(18)29-22(26)14-8-10-15(11-9-14)23(27)28/h3-11H,12H2,1-2H3. The number of nitrogens with zero attached hydrogens (tertiary/aromatic N) is 1. The maximum atomic E-state index is 12.9. The van der Waals surface area contributed by atoms with Gasteiger partial charge in [0.15, 0.2) is 11.5 Å².